The van der Waals surface area contributed by atoms with E-state index in [1.165, 1.54) is 45.1 Å². The second-order valence-electron chi connectivity index (χ2n) is 22.3. The SMILES string of the molecule is C.CC(C)(C#N)S(C)(=N)=O.CC(C)(C#N)S(C)(=O)=NCC1CC1.CC1(C)C(N)=N[C@](C)(c2cc([N+](=O)[O-])ccc2F)CS1(O)NCC1CC1.CC1(C)C(N)=N[C@](C)(c2cc([N+](=O)[O-])ccc2F)CS1(O)NCC1CC1.F.F.FF.FF. The van der Waals surface area contributed by atoms with E-state index in [2.05, 4.69) is 29.9 Å². The first-order valence-corrected chi connectivity index (χ1v) is 31.8. The van der Waals surface area contributed by atoms with Crippen LogP contribution >= 0.6 is 21.0 Å². The number of hydrogen-bond donors (Lipinski definition) is 7. The molecule has 0 spiro atoms. The lowest BCUT2D eigenvalue weighted by atomic mass is 9.93. The van der Waals surface area contributed by atoms with Crippen LogP contribution in [0.3, 0.4) is 0 Å². The lowest BCUT2D eigenvalue weighted by Crippen LogP contribution is -2.56. The lowest BCUT2D eigenvalue weighted by Gasteiger charge is -2.54. The zero-order valence-corrected chi connectivity index (χ0v) is 50.1. The summed E-state index contributed by atoms with van der Waals surface area (Å²) in [4.78, 5) is 30.0. The Morgan fingerprint density at radius 1 is 0.716 bits per heavy atom. The Labute approximate surface area is 474 Å². The molecule has 466 valence electrons. The molecule has 0 aromatic heterocycles. The van der Waals surface area contributed by atoms with Gasteiger partial charge < -0.3 is 20.6 Å². The van der Waals surface area contributed by atoms with E-state index < -0.39 is 92.0 Å². The predicted molar refractivity (Wildman–Crippen MR) is 310 cm³/mol. The number of rotatable bonds is 14. The number of nitriles is 2. The van der Waals surface area contributed by atoms with Crippen molar-refractivity contribution < 1.29 is 63.9 Å². The number of benzene rings is 2. The molecular weight excluding hydrogens is 1160 g/mol. The summed E-state index contributed by atoms with van der Waals surface area (Å²) in [5.74, 6) is 1.24. The first-order valence-electron chi connectivity index (χ1n) is 24.3. The van der Waals surface area contributed by atoms with Gasteiger partial charge in [0.15, 0.2) is 0 Å². The third-order valence-electron chi connectivity index (χ3n) is 14.5. The van der Waals surface area contributed by atoms with Gasteiger partial charge in [-0.05, 0) is 138 Å². The molecule has 32 heteroatoms. The third-order valence-corrected chi connectivity index (χ3v) is 26.2. The number of non-ortho nitro benzene ring substituents is 2. The van der Waals surface area contributed by atoms with Gasteiger partial charge in [0, 0.05) is 90.8 Å². The summed E-state index contributed by atoms with van der Waals surface area (Å²) in [5, 5.41) is 39.4. The van der Waals surface area contributed by atoms with Crippen LogP contribution in [0.1, 0.15) is 126 Å². The quantitative estimate of drug-likeness (QED) is 0.0525. The van der Waals surface area contributed by atoms with Gasteiger partial charge in [0.25, 0.3) is 11.4 Å². The van der Waals surface area contributed by atoms with Crippen molar-refractivity contribution in [3.63, 3.8) is 0 Å². The van der Waals surface area contributed by atoms with Gasteiger partial charge >= 0.3 is 0 Å². The van der Waals surface area contributed by atoms with Crippen molar-refractivity contribution in [2.24, 2.45) is 43.6 Å². The van der Waals surface area contributed by atoms with E-state index in [-0.39, 0.29) is 62.5 Å². The summed E-state index contributed by atoms with van der Waals surface area (Å²) in [7, 11) is -10.0. The van der Waals surface area contributed by atoms with Crippen LogP contribution in [0.5, 0.6) is 0 Å². The fourth-order valence-corrected chi connectivity index (χ4v) is 13.9. The molecule has 3 aliphatic carbocycles. The summed E-state index contributed by atoms with van der Waals surface area (Å²) in [6, 6.07) is 10.6. The molecule has 6 atom stereocenters. The first kappa shape index (κ1) is 78.1. The highest BCUT2D eigenvalue weighted by Crippen LogP contribution is 2.61. The zero-order valence-electron chi connectivity index (χ0n) is 46.8. The molecule has 81 heavy (non-hydrogen) atoms. The van der Waals surface area contributed by atoms with Crippen LogP contribution in [0.2, 0.25) is 0 Å². The number of nitrogens with zero attached hydrogens (tertiary/aromatic N) is 7. The second kappa shape index (κ2) is 29.5. The standard InChI is InChI=1S/2C17H25FN4O3S.C9H16N2OS.C5H10N2OS.CH4.2F2.2FH/c2*1-16(2)15(19)21-17(3,10-26(16,25)20-9-11-4-5-11)13-8-12(22(23)24)6-7-14(13)18;1-9(2,7-10)13(3,12)11-6-8-4-5-8;1-5(2,4-6)9(3,7)8;;2*1-2;;/h2*6-8,11,20,25H,4-5,9-10H2,1-3H3,(H2,19,21);8H,4-6H2,1-3H3;7H,1-3H3;1H4;;;2*1H/t2*17-;;;;;;;/m00......./s1. The maximum Gasteiger partial charge on any atom is 0.270 e. The molecule has 5 aliphatic rings. The van der Waals surface area contributed by atoms with E-state index in [0.29, 0.717) is 37.4 Å². The van der Waals surface area contributed by atoms with E-state index in [9.17, 15) is 46.5 Å². The summed E-state index contributed by atoms with van der Waals surface area (Å²) in [6.45, 7) is 19.0. The first-order chi connectivity index (χ1) is 35.7. The fraction of sp³-hybridized carbons (Fsp3) is 0.673. The Hall–Kier alpha value is -4.96. The molecule has 2 aromatic rings. The van der Waals surface area contributed by atoms with Gasteiger partial charge in [-0.3, -0.25) is 53.8 Å². The van der Waals surface area contributed by atoms with E-state index in [4.69, 9.17) is 45.1 Å². The number of amidine groups is 2. The maximum absolute atomic E-state index is 14.5. The van der Waals surface area contributed by atoms with Crippen LogP contribution in [0, 0.1) is 77.1 Å². The number of nitrogens with one attached hydrogen (secondary N) is 3. The van der Waals surface area contributed by atoms with Crippen molar-refractivity contribution >= 4 is 63.5 Å². The van der Waals surface area contributed by atoms with Gasteiger partial charge in [-0.15, -0.1) is 0 Å². The van der Waals surface area contributed by atoms with Crippen LogP contribution in [0.15, 0.2) is 50.7 Å². The van der Waals surface area contributed by atoms with Gasteiger partial charge in [-0.1, -0.05) is 28.4 Å². The van der Waals surface area contributed by atoms with Gasteiger partial charge in [0.05, 0.1) is 68.6 Å². The summed E-state index contributed by atoms with van der Waals surface area (Å²) in [5.41, 5.74) is 9.72. The minimum Gasteiger partial charge on any atom is -0.386 e. The van der Waals surface area contributed by atoms with Gasteiger partial charge in [0.1, 0.15) is 32.8 Å². The Morgan fingerprint density at radius 2 is 1.02 bits per heavy atom. The highest BCUT2D eigenvalue weighted by Gasteiger charge is 2.54. The van der Waals surface area contributed by atoms with Crippen LogP contribution in [0.4, 0.5) is 47.9 Å². The van der Waals surface area contributed by atoms with Crippen LogP contribution in [-0.2, 0) is 30.5 Å². The van der Waals surface area contributed by atoms with E-state index in [0.717, 1.165) is 49.9 Å². The number of aliphatic imine (C=N–C) groups is 2. The fourth-order valence-electron chi connectivity index (χ4n) is 7.24. The minimum atomic E-state index is -2.71. The molecule has 3 fully saturated rings. The molecule has 0 bridgehead atoms. The van der Waals surface area contributed by atoms with Crippen molar-refractivity contribution in [1.82, 2.24) is 9.44 Å². The summed E-state index contributed by atoms with van der Waals surface area (Å²) < 4.78 is 121. The number of nitrogens with two attached hydrogens (primary N) is 2. The molecule has 0 saturated heterocycles. The molecule has 3 saturated carbocycles. The van der Waals surface area contributed by atoms with Crippen LogP contribution < -0.4 is 20.9 Å². The Bertz CT molecular complexity index is 2770. The van der Waals surface area contributed by atoms with Crippen molar-refractivity contribution in [3.8, 4) is 12.1 Å². The molecule has 2 heterocycles. The minimum absolute atomic E-state index is 0. The van der Waals surface area contributed by atoms with Crippen LogP contribution in [-0.4, -0.2) is 102 Å². The summed E-state index contributed by atoms with van der Waals surface area (Å²) >= 11 is 0. The normalized spacial score (nSPS) is 26.9. The summed E-state index contributed by atoms with van der Waals surface area (Å²) in [6.07, 6.45) is 9.77. The zero-order chi connectivity index (χ0) is 60.5. The Balaban J connectivity index is 0. The van der Waals surface area contributed by atoms with E-state index >= 15 is 0 Å². The molecule has 9 N–H and O–H groups in total. The monoisotopic (exact) mass is 1250 g/mol. The highest BCUT2D eigenvalue weighted by molar-refractivity contribution is 8.29. The van der Waals surface area contributed by atoms with Crippen molar-refractivity contribution in [2.45, 2.75) is 145 Å². The van der Waals surface area contributed by atoms with E-state index in [1.54, 1.807) is 34.0 Å². The molecule has 2 aliphatic heterocycles. The number of hydrogen-bond acceptors (Lipinski definition) is 18. The predicted octanol–water partition coefficient (Wildman–Crippen LogP) is 12.0. The van der Waals surface area contributed by atoms with Gasteiger partial charge in [-0.2, -0.15) is 10.5 Å². The highest BCUT2D eigenvalue weighted by atomic mass is 32.3. The molecule has 4 unspecified atom stereocenters. The van der Waals surface area contributed by atoms with Crippen molar-refractivity contribution in [1.29, 1.82) is 15.3 Å². The Morgan fingerprint density at radius 3 is 1.27 bits per heavy atom. The van der Waals surface area contributed by atoms with Gasteiger partial charge in [-0.25, -0.2) is 21.6 Å². The maximum atomic E-state index is 14.5. The van der Waals surface area contributed by atoms with Crippen molar-refractivity contribution in [2.75, 3.05) is 43.7 Å². The van der Waals surface area contributed by atoms with Crippen LogP contribution in [0.25, 0.3) is 0 Å². The van der Waals surface area contributed by atoms with Gasteiger partial charge in [0.2, 0.25) is 0 Å². The number of halogens is 8. The average molecular weight is 1250 g/mol. The molecule has 7 rings (SSSR count). The Kier molecular flexibility index (Phi) is 28.5. The second-order valence-corrected chi connectivity index (χ2v) is 33.9. The molecule has 20 nitrogen and oxygen atoms in total. The molecular formula is C49H82F8N12O8S4. The lowest BCUT2D eigenvalue weighted by molar-refractivity contribution is -0.385. The molecule has 2 aromatic carbocycles. The number of nitro benzene ring substituents is 2. The molecule has 0 radical (unpaired) electrons. The topological polar surface area (TPSA) is 345 Å². The smallest absolute Gasteiger partial charge is 0.270 e. The molecule has 0 amide bonds. The van der Waals surface area contributed by atoms with E-state index in [1.807, 2.05) is 33.8 Å². The average Bonchev–Trinajstić information content (AvgIpc) is 4.19. The largest absolute Gasteiger partial charge is 0.386 e. The third kappa shape index (κ3) is 19.3. The van der Waals surface area contributed by atoms with Crippen molar-refractivity contribution in [3.05, 3.63) is 79.4 Å². The number of nitro groups is 2.